The van der Waals surface area contributed by atoms with Crippen LogP contribution in [0.2, 0.25) is 0 Å². The van der Waals surface area contributed by atoms with Gasteiger partial charge in [-0.3, -0.25) is 10.1 Å². The predicted octanol–water partition coefficient (Wildman–Crippen LogP) is 5.27. The fourth-order valence-electron chi connectivity index (χ4n) is 2.87. The second kappa shape index (κ2) is 9.15. The number of aromatic nitrogens is 1. The van der Waals surface area contributed by atoms with E-state index in [0.717, 1.165) is 22.4 Å². The third kappa shape index (κ3) is 4.79. The average molecular weight is 414 g/mol. The van der Waals surface area contributed by atoms with E-state index in [4.69, 9.17) is 4.74 Å². The Hall–Kier alpha value is -3.77. The van der Waals surface area contributed by atoms with Crippen molar-refractivity contribution in [3.8, 4) is 22.4 Å². The van der Waals surface area contributed by atoms with Crippen LogP contribution in [-0.4, -0.2) is 23.5 Å². The first-order valence-corrected chi connectivity index (χ1v) is 10.2. The molecule has 0 saturated heterocycles. The quantitative estimate of drug-likeness (QED) is 0.436. The van der Waals surface area contributed by atoms with Gasteiger partial charge in [0, 0.05) is 10.9 Å². The van der Waals surface area contributed by atoms with E-state index in [2.05, 4.69) is 10.3 Å². The Balaban J connectivity index is 1.31. The second-order valence-electron chi connectivity index (χ2n) is 6.47. The van der Waals surface area contributed by atoms with E-state index in [9.17, 15) is 9.59 Å². The molecule has 0 aliphatic heterocycles. The molecule has 0 fully saturated rings. The Morgan fingerprint density at radius 1 is 0.800 bits per heavy atom. The predicted molar refractivity (Wildman–Crippen MR) is 118 cm³/mol. The number of rotatable bonds is 6. The summed E-state index contributed by atoms with van der Waals surface area (Å²) in [6.07, 6.45) is 0. The van der Waals surface area contributed by atoms with E-state index < -0.39 is 11.9 Å². The van der Waals surface area contributed by atoms with Gasteiger partial charge in [-0.2, -0.15) is 0 Å². The Morgan fingerprint density at radius 3 is 2.07 bits per heavy atom. The van der Waals surface area contributed by atoms with Gasteiger partial charge < -0.3 is 4.74 Å². The maximum Gasteiger partial charge on any atom is 0.338 e. The molecule has 1 N–H and O–H groups in total. The number of carbonyl (C=O) groups is 2. The largest absolute Gasteiger partial charge is 0.452 e. The van der Waals surface area contributed by atoms with E-state index in [1.807, 2.05) is 78.2 Å². The van der Waals surface area contributed by atoms with Crippen LogP contribution in [-0.2, 0) is 9.53 Å². The molecular formula is C24H18N2O3S. The molecule has 0 spiro atoms. The van der Waals surface area contributed by atoms with Crippen LogP contribution in [0, 0.1) is 0 Å². The molecule has 0 aliphatic rings. The van der Waals surface area contributed by atoms with Crippen molar-refractivity contribution >= 4 is 28.3 Å². The van der Waals surface area contributed by atoms with Crippen molar-refractivity contribution in [3.05, 3.63) is 95.9 Å². The highest BCUT2D eigenvalue weighted by Crippen LogP contribution is 2.24. The molecule has 0 aliphatic carbocycles. The van der Waals surface area contributed by atoms with Crippen LogP contribution >= 0.6 is 11.3 Å². The number of benzene rings is 3. The first-order valence-electron chi connectivity index (χ1n) is 9.32. The summed E-state index contributed by atoms with van der Waals surface area (Å²) in [5.74, 6) is -0.980. The number of thiazole rings is 1. The lowest BCUT2D eigenvalue weighted by Gasteiger charge is -2.06. The summed E-state index contributed by atoms with van der Waals surface area (Å²) in [5, 5.41) is 4.99. The number of hydrogen-bond acceptors (Lipinski definition) is 5. The second-order valence-corrected chi connectivity index (χ2v) is 7.33. The van der Waals surface area contributed by atoms with Gasteiger partial charge in [-0.15, -0.1) is 11.3 Å². The number of nitrogens with zero attached hydrogens (tertiary/aromatic N) is 1. The van der Waals surface area contributed by atoms with Crippen LogP contribution in [0.1, 0.15) is 10.4 Å². The van der Waals surface area contributed by atoms with Crippen LogP contribution in [0.3, 0.4) is 0 Å². The van der Waals surface area contributed by atoms with Crippen molar-refractivity contribution < 1.29 is 14.3 Å². The lowest BCUT2D eigenvalue weighted by Crippen LogP contribution is -2.20. The Labute approximate surface area is 178 Å². The fourth-order valence-corrected chi connectivity index (χ4v) is 3.61. The summed E-state index contributed by atoms with van der Waals surface area (Å²) in [5.41, 5.74) is 4.21. The zero-order valence-corrected chi connectivity index (χ0v) is 16.8. The van der Waals surface area contributed by atoms with Gasteiger partial charge in [0.1, 0.15) is 0 Å². The highest BCUT2D eigenvalue weighted by Gasteiger charge is 2.12. The Morgan fingerprint density at radius 2 is 1.40 bits per heavy atom. The summed E-state index contributed by atoms with van der Waals surface area (Å²) >= 11 is 1.32. The third-order valence-electron chi connectivity index (χ3n) is 4.38. The molecule has 1 aromatic heterocycles. The van der Waals surface area contributed by atoms with Crippen LogP contribution in [0.5, 0.6) is 0 Å². The monoisotopic (exact) mass is 414 g/mol. The first kappa shape index (κ1) is 19.5. The minimum absolute atomic E-state index is 0.375. The summed E-state index contributed by atoms with van der Waals surface area (Å²) in [7, 11) is 0. The number of carbonyl (C=O) groups excluding carboxylic acids is 2. The van der Waals surface area contributed by atoms with Crippen molar-refractivity contribution in [3.63, 3.8) is 0 Å². The van der Waals surface area contributed by atoms with Gasteiger partial charge in [0.25, 0.3) is 5.91 Å². The van der Waals surface area contributed by atoms with E-state index >= 15 is 0 Å². The molecule has 1 amide bonds. The highest BCUT2D eigenvalue weighted by atomic mass is 32.1. The van der Waals surface area contributed by atoms with Crippen LogP contribution in [0.4, 0.5) is 5.13 Å². The van der Waals surface area contributed by atoms with E-state index in [-0.39, 0.29) is 6.61 Å². The number of esters is 1. The van der Waals surface area contributed by atoms with E-state index in [1.54, 1.807) is 12.1 Å². The normalized spacial score (nSPS) is 10.4. The Bertz CT molecular complexity index is 1140. The maximum atomic E-state index is 12.2. The highest BCUT2D eigenvalue weighted by molar-refractivity contribution is 7.14. The topological polar surface area (TPSA) is 68.3 Å². The third-order valence-corrected chi connectivity index (χ3v) is 5.14. The molecule has 5 nitrogen and oxygen atoms in total. The molecule has 3 aromatic carbocycles. The van der Waals surface area contributed by atoms with Crippen molar-refractivity contribution in [1.82, 2.24) is 4.98 Å². The molecule has 0 bridgehead atoms. The molecule has 4 aromatic rings. The molecule has 30 heavy (non-hydrogen) atoms. The van der Waals surface area contributed by atoms with Gasteiger partial charge in [0.15, 0.2) is 11.7 Å². The molecule has 148 valence electrons. The molecule has 0 radical (unpaired) electrons. The molecular weight excluding hydrogens is 396 g/mol. The molecule has 0 unspecified atom stereocenters. The lowest BCUT2D eigenvalue weighted by atomic mass is 10.0. The molecule has 4 rings (SSSR count). The minimum atomic E-state index is -0.547. The fraction of sp³-hybridized carbons (Fsp3) is 0.0417. The van der Waals surface area contributed by atoms with Crippen molar-refractivity contribution in [1.29, 1.82) is 0 Å². The summed E-state index contributed by atoms with van der Waals surface area (Å²) in [6, 6.07) is 26.7. The van der Waals surface area contributed by atoms with Gasteiger partial charge in [-0.25, -0.2) is 9.78 Å². The summed E-state index contributed by atoms with van der Waals surface area (Å²) in [4.78, 5) is 28.7. The SMILES string of the molecule is O=C(COC(=O)c1ccc(-c2ccccc2)cc1)Nc1nc(-c2ccccc2)cs1. The van der Waals surface area contributed by atoms with Crippen LogP contribution < -0.4 is 5.32 Å². The zero-order chi connectivity index (χ0) is 20.8. The minimum Gasteiger partial charge on any atom is -0.452 e. The van der Waals surface area contributed by atoms with Gasteiger partial charge in [-0.1, -0.05) is 72.8 Å². The molecule has 0 atom stereocenters. The number of ether oxygens (including phenoxy) is 1. The van der Waals surface area contributed by atoms with Gasteiger partial charge in [-0.05, 0) is 23.3 Å². The maximum absolute atomic E-state index is 12.2. The van der Waals surface area contributed by atoms with E-state index in [1.165, 1.54) is 11.3 Å². The van der Waals surface area contributed by atoms with Crippen LogP contribution in [0.25, 0.3) is 22.4 Å². The standard InChI is InChI=1S/C24H18N2O3S/c27-22(26-24-25-21(16-30-24)19-9-5-2-6-10-19)15-29-23(28)20-13-11-18(12-14-20)17-7-3-1-4-8-17/h1-14,16H,15H2,(H,25,26,27). The molecule has 6 heteroatoms. The summed E-state index contributed by atoms with van der Waals surface area (Å²) in [6.45, 7) is -0.375. The van der Waals surface area contributed by atoms with Gasteiger partial charge >= 0.3 is 5.97 Å². The van der Waals surface area contributed by atoms with Crippen molar-refractivity contribution in [2.24, 2.45) is 0 Å². The Kier molecular flexibility index (Phi) is 5.96. The zero-order valence-electron chi connectivity index (χ0n) is 15.9. The number of amides is 1. The summed E-state index contributed by atoms with van der Waals surface area (Å²) < 4.78 is 5.12. The smallest absolute Gasteiger partial charge is 0.338 e. The van der Waals surface area contributed by atoms with Gasteiger partial charge in [0.05, 0.1) is 11.3 Å². The average Bonchev–Trinajstić information content (AvgIpc) is 3.27. The number of hydrogen-bond donors (Lipinski definition) is 1. The number of nitrogens with one attached hydrogen (secondary N) is 1. The first-order chi connectivity index (χ1) is 14.7. The van der Waals surface area contributed by atoms with Crippen molar-refractivity contribution in [2.75, 3.05) is 11.9 Å². The molecule has 1 heterocycles. The number of anilines is 1. The van der Waals surface area contributed by atoms with E-state index in [0.29, 0.717) is 10.7 Å². The van der Waals surface area contributed by atoms with Crippen molar-refractivity contribution in [2.45, 2.75) is 0 Å². The van der Waals surface area contributed by atoms with Gasteiger partial charge in [0.2, 0.25) is 0 Å². The van der Waals surface area contributed by atoms with Crippen LogP contribution in [0.15, 0.2) is 90.3 Å². The molecule has 0 saturated carbocycles. The lowest BCUT2D eigenvalue weighted by molar-refractivity contribution is -0.119.